The molecule has 1 aromatic carbocycles. The van der Waals surface area contributed by atoms with Crippen LogP contribution in [-0.4, -0.2) is 29.2 Å². The number of aryl methyl sites for hydroxylation is 1. The monoisotopic (exact) mass is 357 g/mol. The number of ether oxygens (including phenoxy) is 1. The van der Waals surface area contributed by atoms with Crippen molar-refractivity contribution in [2.75, 3.05) is 11.9 Å². The number of amides is 1. The van der Waals surface area contributed by atoms with Crippen molar-refractivity contribution < 1.29 is 19.4 Å². The Balaban J connectivity index is 1.34. The summed E-state index contributed by atoms with van der Waals surface area (Å²) in [5.74, 6) is 0.201. The Morgan fingerprint density at radius 2 is 1.81 bits per heavy atom. The molecule has 5 nitrogen and oxygen atoms in total. The summed E-state index contributed by atoms with van der Waals surface area (Å²) in [4.78, 5) is 24.9. The molecule has 2 unspecified atom stereocenters. The van der Waals surface area contributed by atoms with Gasteiger partial charge in [0, 0.05) is 5.69 Å². The maximum atomic E-state index is 12.8. The van der Waals surface area contributed by atoms with E-state index in [1.807, 2.05) is 24.3 Å². The summed E-state index contributed by atoms with van der Waals surface area (Å²) in [6, 6.07) is 7.65. The van der Waals surface area contributed by atoms with E-state index in [0.29, 0.717) is 23.9 Å². The topological polar surface area (TPSA) is 75.6 Å². The van der Waals surface area contributed by atoms with Gasteiger partial charge in [-0.2, -0.15) is 0 Å². The Morgan fingerprint density at radius 1 is 1.15 bits per heavy atom. The number of carbonyl (C=O) groups excluding carboxylic acids is 2. The summed E-state index contributed by atoms with van der Waals surface area (Å²) in [6.07, 6.45) is 5.77. The maximum Gasteiger partial charge on any atom is 0.312 e. The molecule has 4 fully saturated rings. The van der Waals surface area contributed by atoms with Crippen molar-refractivity contribution in [1.29, 1.82) is 0 Å². The van der Waals surface area contributed by atoms with E-state index in [-0.39, 0.29) is 18.5 Å². The fraction of sp³-hybridized carbons (Fsp3) is 0.619. The van der Waals surface area contributed by atoms with Gasteiger partial charge in [0.25, 0.3) is 5.91 Å². The lowest BCUT2D eigenvalue weighted by Gasteiger charge is -2.58. The standard InChI is InChI=1S/C21H27NO4/c1-2-14-3-5-17(6-4-14)22-18(23)12-26-19(24)20-8-15-7-16(9-20)11-21(25,10-15)13-20/h3-6,15-16,25H,2,7-13H2,1H3,(H,22,23)/t15-,16+,20?,21?. The molecule has 5 rings (SSSR count). The van der Waals surface area contributed by atoms with Crippen molar-refractivity contribution in [2.45, 2.75) is 57.5 Å². The molecule has 140 valence electrons. The molecular formula is C21H27NO4. The summed E-state index contributed by atoms with van der Waals surface area (Å²) >= 11 is 0. The minimum Gasteiger partial charge on any atom is -0.455 e. The highest BCUT2D eigenvalue weighted by molar-refractivity contribution is 5.93. The Kier molecular flexibility index (Phi) is 4.30. The zero-order chi connectivity index (χ0) is 18.4. The van der Waals surface area contributed by atoms with E-state index in [9.17, 15) is 14.7 Å². The molecule has 0 aliphatic heterocycles. The number of rotatable bonds is 5. The normalized spacial score (nSPS) is 34.5. The van der Waals surface area contributed by atoms with Crippen LogP contribution in [0.1, 0.15) is 51.0 Å². The molecule has 4 saturated carbocycles. The van der Waals surface area contributed by atoms with E-state index in [2.05, 4.69) is 12.2 Å². The lowest BCUT2D eigenvalue weighted by atomic mass is 9.48. The van der Waals surface area contributed by atoms with E-state index in [4.69, 9.17) is 4.74 Å². The number of esters is 1. The highest BCUT2D eigenvalue weighted by atomic mass is 16.5. The molecule has 0 spiro atoms. The van der Waals surface area contributed by atoms with Crippen molar-refractivity contribution >= 4 is 17.6 Å². The molecule has 0 heterocycles. The second kappa shape index (κ2) is 6.38. The molecule has 26 heavy (non-hydrogen) atoms. The van der Waals surface area contributed by atoms with Gasteiger partial charge in [-0.25, -0.2) is 0 Å². The van der Waals surface area contributed by atoms with Gasteiger partial charge in [-0.3, -0.25) is 9.59 Å². The van der Waals surface area contributed by atoms with Crippen LogP contribution < -0.4 is 5.32 Å². The number of nitrogens with one attached hydrogen (secondary N) is 1. The lowest BCUT2D eigenvalue weighted by Crippen LogP contribution is -2.58. The van der Waals surface area contributed by atoms with Crippen molar-refractivity contribution in [3.63, 3.8) is 0 Å². The van der Waals surface area contributed by atoms with Crippen LogP contribution in [-0.2, 0) is 20.7 Å². The van der Waals surface area contributed by atoms with Crippen LogP contribution >= 0.6 is 0 Å². The Morgan fingerprint density at radius 3 is 2.38 bits per heavy atom. The Hall–Kier alpha value is -1.88. The summed E-state index contributed by atoms with van der Waals surface area (Å²) < 4.78 is 5.39. The molecule has 4 aliphatic rings. The largest absolute Gasteiger partial charge is 0.455 e. The summed E-state index contributed by atoms with van der Waals surface area (Å²) in [7, 11) is 0. The van der Waals surface area contributed by atoms with Crippen molar-refractivity contribution in [2.24, 2.45) is 17.3 Å². The molecular weight excluding hydrogens is 330 g/mol. The average Bonchev–Trinajstić information content (AvgIpc) is 2.58. The molecule has 5 heteroatoms. The number of benzene rings is 1. The van der Waals surface area contributed by atoms with Crippen LogP contribution in [0.5, 0.6) is 0 Å². The van der Waals surface area contributed by atoms with Crippen LogP contribution in [0.2, 0.25) is 0 Å². The highest BCUT2D eigenvalue weighted by Crippen LogP contribution is 2.61. The first-order chi connectivity index (χ1) is 12.4. The smallest absolute Gasteiger partial charge is 0.312 e. The highest BCUT2D eigenvalue weighted by Gasteiger charge is 2.60. The van der Waals surface area contributed by atoms with Crippen molar-refractivity contribution in [1.82, 2.24) is 0 Å². The lowest BCUT2D eigenvalue weighted by molar-refractivity contribution is -0.196. The van der Waals surface area contributed by atoms with Gasteiger partial charge >= 0.3 is 5.97 Å². The molecule has 1 amide bonds. The number of hydrogen-bond donors (Lipinski definition) is 2. The third kappa shape index (κ3) is 3.25. The average molecular weight is 357 g/mol. The number of carbonyl (C=O) groups is 2. The maximum absolute atomic E-state index is 12.8. The zero-order valence-electron chi connectivity index (χ0n) is 15.3. The van der Waals surface area contributed by atoms with Crippen molar-refractivity contribution in [3.8, 4) is 0 Å². The molecule has 4 bridgehead atoms. The van der Waals surface area contributed by atoms with Crippen LogP contribution in [0.3, 0.4) is 0 Å². The molecule has 4 aliphatic carbocycles. The first kappa shape index (κ1) is 17.5. The van der Waals surface area contributed by atoms with Gasteiger partial charge in [-0.05, 0) is 74.5 Å². The first-order valence-electron chi connectivity index (χ1n) is 9.68. The number of hydrogen-bond acceptors (Lipinski definition) is 4. The molecule has 0 aromatic heterocycles. The summed E-state index contributed by atoms with van der Waals surface area (Å²) in [5, 5.41) is 13.5. The second-order valence-corrected chi connectivity index (χ2v) is 8.64. The van der Waals surface area contributed by atoms with Gasteiger partial charge in [-0.1, -0.05) is 19.1 Å². The summed E-state index contributed by atoms with van der Waals surface area (Å²) in [6.45, 7) is 1.80. The Bertz CT molecular complexity index is 697. The zero-order valence-corrected chi connectivity index (χ0v) is 15.3. The molecule has 1 aromatic rings. The van der Waals surface area contributed by atoms with Crippen molar-refractivity contribution in [3.05, 3.63) is 29.8 Å². The van der Waals surface area contributed by atoms with Gasteiger partial charge in [-0.15, -0.1) is 0 Å². The van der Waals surface area contributed by atoms with Crippen LogP contribution in [0.25, 0.3) is 0 Å². The molecule has 0 saturated heterocycles. The quantitative estimate of drug-likeness (QED) is 0.794. The SMILES string of the molecule is CCc1ccc(NC(=O)COC(=O)C23C[C@@H]4C[C@@H](CC(O)(C4)C2)C3)cc1. The fourth-order valence-corrected chi connectivity index (χ4v) is 5.76. The van der Waals surface area contributed by atoms with Gasteiger partial charge in [0.1, 0.15) is 0 Å². The van der Waals surface area contributed by atoms with Gasteiger partial charge in [0.05, 0.1) is 11.0 Å². The number of aliphatic hydroxyl groups is 1. The van der Waals surface area contributed by atoms with Crippen LogP contribution in [0, 0.1) is 17.3 Å². The predicted molar refractivity (Wildman–Crippen MR) is 97.5 cm³/mol. The predicted octanol–water partition coefficient (Wildman–Crippen LogP) is 3.06. The Labute approximate surface area is 154 Å². The van der Waals surface area contributed by atoms with E-state index < -0.39 is 11.0 Å². The van der Waals surface area contributed by atoms with Crippen LogP contribution in [0.4, 0.5) is 5.69 Å². The first-order valence-corrected chi connectivity index (χ1v) is 9.68. The van der Waals surface area contributed by atoms with Gasteiger partial charge in [0.15, 0.2) is 6.61 Å². The minimum absolute atomic E-state index is 0.274. The minimum atomic E-state index is -0.702. The third-order valence-corrected chi connectivity index (χ3v) is 6.44. The molecule has 0 radical (unpaired) electrons. The van der Waals surface area contributed by atoms with E-state index in [1.54, 1.807) is 0 Å². The summed E-state index contributed by atoms with van der Waals surface area (Å²) in [5.41, 5.74) is 0.621. The van der Waals surface area contributed by atoms with E-state index in [0.717, 1.165) is 38.5 Å². The number of anilines is 1. The van der Waals surface area contributed by atoms with E-state index >= 15 is 0 Å². The van der Waals surface area contributed by atoms with Crippen LogP contribution in [0.15, 0.2) is 24.3 Å². The fourth-order valence-electron chi connectivity index (χ4n) is 5.76. The van der Waals surface area contributed by atoms with E-state index in [1.165, 1.54) is 5.56 Å². The van der Waals surface area contributed by atoms with Gasteiger partial charge < -0.3 is 15.2 Å². The third-order valence-electron chi connectivity index (χ3n) is 6.44. The second-order valence-electron chi connectivity index (χ2n) is 8.64. The van der Waals surface area contributed by atoms with Gasteiger partial charge in [0.2, 0.25) is 0 Å². The molecule has 4 atom stereocenters. The molecule has 2 N–H and O–H groups in total.